The van der Waals surface area contributed by atoms with Gasteiger partial charge in [0.1, 0.15) is 0 Å². The van der Waals surface area contributed by atoms with Crippen molar-refractivity contribution in [3.05, 3.63) is 97.2 Å². The minimum absolute atomic E-state index is 0.239. The number of carbonyl (C=O) groups is 1. The second-order valence-electron chi connectivity index (χ2n) is 11.0. The van der Waals surface area contributed by atoms with Crippen LogP contribution in [0, 0.1) is 0 Å². The molecular formula is C38H61NO5S. The van der Waals surface area contributed by atoms with Crippen LogP contribution in [-0.4, -0.2) is 41.9 Å². The van der Waals surface area contributed by atoms with Gasteiger partial charge in [0.05, 0.1) is 17.9 Å². The summed E-state index contributed by atoms with van der Waals surface area (Å²) >= 11 is 0. The number of unbranched alkanes of at least 4 members (excludes halogenated alkanes) is 6. The van der Waals surface area contributed by atoms with Crippen molar-refractivity contribution in [3.8, 4) is 0 Å². The van der Waals surface area contributed by atoms with E-state index in [0.29, 0.717) is 12.8 Å². The number of amides is 1. The van der Waals surface area contributed by atoms with Crippen molar-refractivity contribution >= 4 is 16.0 Å². The van der Waals surface area contributed by atoms with Crippen LogP contribution in [0.2, 0.25) is 0 Å². The Hall–Kier alpha value is -2.74. The summed E-state index contributed by atoms with van der Waals surface area (Å²) in [6.45, 7) is 4.30. The molecule has 0 spiro atoms. The van der Waals surface area contributed by atoms with E-state index in [1.807, 2.05) is 0 Å². The summed E-state index contributed by atoms with van der Waals surface area (Å²) < 4.78 is 32.2. The molecule has 0 aliphatic heterocycles. The molecule has 7 heteroatoms. The predicted molar refractivity (Wildman–Crippen MR) is 193 cm³/mol. The fourth-order valence-corrected chi connectivity index (χ4v) is 4.95. The summed E-state index contributed by atoms with van der Waals surface area (Å²) in [7, 11) is -4.37. The summed E-state index contributed by atoms with van der Waals surface area (Å²) in [5.41, 5.74) is 0. The normalized spacial score (nSPS) is 14.7. The van der Waals surface area contributed by atoms with E-state index in [0.717, 1.165) is 83.5 Å². The minimum atomic E-state index is -4.37. The highest BCUT2D eigenvalue weighted by molar-refractivity contribution is 7.85. The lowest BCUT2D eigenvalue weighted by Gasteiger charge is -2.21. The van der Waals surface area contributed by atoms with Gasteiger partial charge >= 0.3 is 0 Å². The first-order chi connectivity index (χ1) is 21.8. The number of aliphatic hydroxyl groups is 1. The first kappa shape index (κ1) is 42.3. The number of aliphatic hydroxyl groups excluding tert-OH is 1. The molecule has 0 aromatic rings. The third-order valence-corrected chi connectivity index (χ3v) is 7.48. The van der Waals surface area contributed by atoms with Crippen molar-refractivity contribution in [2.45, 2.75) is 129 Å². The highest BCUT2D eigenvalue weighted by Crippen LogP contribution is 2.08. The Labute approximate surface area is 275 Å². The summed E-state index contributed by atoms with van der Waals surface area (Å²) in [5, 5.41) is 13.1. The molecule has 254 valence electrons. The van der Waals surface area contributed by atoms with Crippen LogP contribution in [0.3, 0.4) is 0 Å². The Morgan fingerprint density at radius 1 is 0.622 bits per heavy atom. The molecule has 0 aromatic carbocycles. The standard InChI is InChI=1S/C38H61NO5S/c1-3-5-7-9-11-13-15-16-17-18-19-20-21-22-24-26-28-30-32-34-38(41)39-36(35-45(42,43)44)37(40)33-31-29-27-25-23-14-12-10-8-6-4-2/h5,7-8,10-11,13,16-17,19-20,22-25,31,33,36-37,40H,3-4,6,9,12,14-15,18,21,26-30,32,34-35H2,1-2H3,(H,39,41)(H,42,43,44)/b7-5-,10-8+,13-11-,17-16-,20-19-,24-22-,25-23+,33-31+. The smallest absolute Gasteiger partial charge is 0.267 e. The fourth-order valence-electron chi connectivity index (χ4n) is 4.22. The average molecular weight is 644 g/mol. The zero-order valence-electron chi connectivity index (χ0n) is 27.9. The van der Waals surface area contributed by atoms with Gasteiger partial charge in [-0.3, -0.25) is 9.35 Å². The Morgan fingerprint density at radius 3 is 1.60 bits per heavy atom. The highest BCUT2D eigenvalue weighted by atomic mass is 32.2. The van der Waals surface area contributed by atoms with Crippen molar-refractivity contribution in [1.29, 1.82) is 0 Å². The molecule has 0 aliphatic carbocycles. The first-order valence-corrected chi connectivity index (χ1v) is 18.5. The molecule has 45 heavy (non-hydrogen) atoms. The third-order valence-electron chi connectivity index (χ3n) is 6.70. The molecule has 0 saturated heterocycles. The van der Waals surface area contributed by atoms with Gasteiger partial charge in [0.2, 0.25) is 5.91 Å². The van der Waals surface area contributed by atoms with E-state index in [-0.39, 0.29) is 12.3 Å². The molecule has 0 heterocycles. The third kappa shape index (κ3) is 32.5. The van der Waals surface area contributed by atoms with Gasteiger partial charge in [-0.1, -0.05) is 124 Å². The average Bonchev–Trinajstić information content (AvgIpc) is 3.00. The van der Waals surface area contributed by atoms with Gasteiger partial charge in [0, 0.05) is 6.42 Å². The van der Waals surface area contributed by atoms with Gasteiger partial charge in [-0.25, -0.2) is 0 Å². The largest absolute Gasteiger partial charge is 0.387 e. The molecule has 6 nitrogen and oxygen atoms in total. The van der Waals surface area contributed by atoms with Crippen LogP contribution < -0.4 is 5.32 Å². The highest BCUT2D eigenvalue weighted by Gasteiger charge is 2.24. The van der Waals surface area contributed by atoms with Crippen LogP contribution in [0.15, 0.2) is 97.2 Å². The predicted octanol–water partition coefficient (Wildman–Crippen LogP) is 9.45. The fraction of sp³-hybridized carbons (Fsp3) is 0.553. The maximum absolute atomic E-state index is 12.4. The monoisotopic (exact) mass is 643 g/mol. The van der Waals surface area contributed by atoms with Gasteiger partial charge in [-0.05, 0) is 83.5 Å². The van der Waals surface area contributed by atoms with Crippen LogP contribution in [0.5, 0.6) is 0 Å². The lowest BCUT2D eigenvalue weighted by molar-refractivity contribution is -0.122. The molecule has 3 N–H and O–H groups in total. The molecule has 2 atom stereocenters. The zero-order chi connectivity index (χ0) is 33.3. The molecular weight excluding hydrogens is 582 g/mol. The van der Waals surface area contributed by atoms with Crippen molar-refractivity contribution in [2.24, 2.45) is 0 Å². The van der Waals surface area contributed by atoms with Gasteiger partial charge in [-0.15, -0.1) is 0 Å². The van der Waals surface area contributed by atoms with E-state index in [9.17, 15) is 22.9 Å². The van der Waals surface area contributed by atoms with E-state index >= 15 is 0 Å². The maximum atomic E-state index is 12.4. The SMILES string of the molecule is CC/C=C\C/C=C\C/C=C\C/C=C\C/C=C\CCCCCC(=O)NC(CS(=O)(=O)O)C(O)/C=C/CC/C=C/CC/C=C/CCC. The van der Waals surface area contributed by atoms with Gasteiger partial charge in [0.15, 0.2) is 0 Å². The van der Waals surface area contributed by atoms with Crippen LogP contribution in [0.4, 0.5) is 0 Å². The van der Waals surface area contributed by atoms with E-state index in [1.165, 1.54) is 6.08 Å². The molecule has 1 amide bonds. The summed E-state index contributed by atoms with van der Waals surface area (Å²) in [5.74, 6) is -1.07. The van der Waals surface area contributed by atoms with Gasteiger partial charge in [-0.2, -0.15) is 8.42 Å². The van der Waals surface area contributed by atoms with E-state index < -0.39 is 28.0 Å². The Morgan fingerprint density at radius 2 is 1.09 bits per heavy atom. The lowest BCUT2D eigenvalue weighted by atomic mass is 10.1. The molecule has 0 rings (SSSR count). The first-order valence-electron chi connectivity index (χ1n) is 16.9. The van der Waals surface area contributed by atoms with Crippen LogP contribution >= 0.6 is 0 Å². The second-order valence-corrected chi connectivity index (χ2v) is 12.5. The lowest BCUT2D eigenvalue weighted by Crippen LogP contribution is -2.46. The van der Waals surface area contributed by atoms with Gasteiger partial charge in [0.25, 0.3) is 10.1 Å². The molecule has 0 bridgehead atoms. The minimum Gasteiger partial charge on any atom is -0.387 e. The number of allylic oxidation sites excluding steroid dienone is 15. The molecule has 0 aromatic heterocycles. The van der Waals surface area contributed by atoms with Crippen molar-refractivity contribution in [1.82, 2.24) is 5.32 Å². The van der Waals surface area contributed by atoms with Crippen LogP contribution in [0.25, 0.3) is 0 Å². The number of nitrogens with one attached hydrogen (secondary N) is 1. The Bertz CT molecular complexity index is 1060. The van der Waals surface area contributed by atoms with Crippen molar-refractivity contribution in [2.75, 3.05) is 5.75 Å². The van der Waals surface area contributed by atoms with Crippen LogP contribution in [0.1, 0.15) is 117 Å². The summed E-state index contributed by atoms with van der Waals surface area (Å²) in [4.78, 5) is 12.4. The Kier molecular flexibility index (Phi) is 29.3. The quantitative estimate of drug-likeness (QED) is 0.0448. The number of hydrogen-bond donors (Lipinski definition) is 3. The maximum Gasteiger partial charge on any atom is 0.267 e. The van der Waals surface area contributed by atoms with E-state index in [2.05, 4.69) is 104 Å². The number of rotatable bonds is 28. The van der Waals surface area contributed by atoms with E-state index in [4.69, 9.17) is 0 Å². The molecule has 0 fully saturated rings. The second kappa shape index (κ2) is 31.3. The number of hydrogen-bond acceptors (Lipinski definition) is 4. The summed E-state index contributed by atoms with van der Waals surface area (Å²) in [6.07, 6.45) is 46.8. The molecule has 0 radical (unpaired) electrons. The molecule has 2 unspecified atom stereocenters. The number of carbonyl (C=O) groups excluding carboxylic acids is 1. The summed E-state index contributed by atoms with van der Waals surface area (Å²) in [6, 6.07) is -1.10. The van der Waals surface area contributed by atoms with Crippen LogP contribution in [-0.2, 0) is 14.9 Å². The van der Waals surface area contributed by atoms with Gasteiger partial charge < -0.3 is 10.4 Å². The van der Waals surface area contributed by atoms with Crippen molar-refractivity contribution < 1.29 is 22.9 Å². The molecule has 0 aliphatic rings. The van der Waals surface area contributed by atoms with E-state index in [1.54, 1.807) is 6.08 Å². The topological polar surface area (TPSA) is 104 Å². The molecule has 0 saturated carbocycles. The van der Waals surface area contributed by atoms with Crippen molar-refractivity contribution in [3.63, 3.8) is 0 Å². The zero-order valence-corrected chi connectivity index (χ0v) is 28.8. The Balaban J connectivity index is 4.17.